The summed E-state index contributed by atoms with van der Waals surface area (Å²) in [5.41, 5.74) is 1.12. The normalized spacial score (nSPS) is 49.0. The molecule has 0 saturated heterocycles. The van der Waals surface area contributed by atoms with Crippen LogP contribution in [0.2, 0.25) is 0 Å². The number of fused-ring (bicyclic) bond motifs is 5. The van der Waals surface area contributed by atoms with Gasteiger partial charge in [0.2, 0.25) is 0 Å². The molecule has 0 heterocycles. The molecule has 0 aromatic carbocycles. The smallest absolute Gasteiger partial charge is 0.303 e. The van der Waals surface area contributed by atoms with E-state index in [-0.39, 0.29) is 0 Å². The molecule has 0 aromatic rings. The molecule has 148 valence electrons. The van der Waals surface area contributed by atoms with Crippen LogP contribution in [0, 0.1) is 46.3 Å². The number of hydrogen-bond acceptors (Lipinski definition) is 1. The van der Waals surface area contributed by atoms with E-state index in [2.05, 4.69) is 20.8 Å². The zero-order valence-corrected chi connectivity index (χ0v) is 17.3. The van der Waals surface area contributed by atoms with Crippen LogP contribution in [0.25, 0.3) is 0 Å². The fourth-order valence-corrected chi connectivity index (χ4v) is 8.82. The van der Waals surface area contributed by atoms with Gasteiger partial charge in [-0.15, -0.1) is 0 Å². The van der Waals surface area contributed by atoms with Crippen molar-refractivity contribution in [2.75, 3.05) is 0 Å². The Morgan fingerprint density at radius 1 is 0.962 bits per heavy atom. The van der Waals surface area contributed by atoms with Gasteiger partial charge in [-0.25, -0.2) is 0 Å². The second-order valence-corrected chi connectivity index (χ2v) is 11.0. The summed E-state index contributed by atoms with van der Waals surface area (Å²) in [6.07, 6.45) is 15.7. The van der Waals surface area contributed by atoms with Gasteiger partial charge in [0.15, 0.2) is 0 Å². The fourth-order valence-electron chi connectivity index (χ4n) is 8.82. The van der Waals surface area contributed by atoms with Crippen LogP contribution in [0.5, 0.6) is 0 Å². The Morgan fingerprint density at radius 2 is 1.73 bits per heavy atom. The summed E-state index contributed by atoms with van der Waals surface area (Å²) in [5, 5.41) is 9.09. The van der Waals surface area contributed by atoms with Gasteiger partial charge in [-0.1, -0.05) is 33.6 Å². The molecule has 4 aliphatic carbocycles. The summed E-state index contributed by atoms with van der Waals surface area (Å²) in [5.74, 6) is 4.57. The van der Waals surface area contributed by atoms with Crippen LogP contribution in [0.1, 0.15) is 97.8 Å². The van der Waals surface area contributed by atoms with E-state index in [1.54, 1.807) is 0 Å². The lowest BCUT2D eigenvalue weighted by molar-refractivity contribution is -0.137. The second-order valence-electron chi connectivity index (χ2n) is 11.0. The maximum absolute atomic E-state index is 11.0. The van der Waals surface area contributed by atoms with E-state index in [4.69, 9.17) is 5.11 Å². The fraction of sp³-hybridized carbons (Fsp3) is 0.958. The predicted octanol–water partition coefficient (Wildman–Crippen LogP) is 6.54. The van der Waals surface area contributed by atoms with Crippen LogP contribution in [0.15, 0.2) is 0 Å². The molecule has 0 aliphatic heterocycles. The first kappa shape index (κ1) is 18.8. The standard InChI is InChI=1S/C24H40O2/c1-16(7-12-22(25)26)19-10-11-20-18-9-8-17-6-4-5-14-23(17,2)21(18)13-15-24(19,20)3/h16-21H,4-15H2,1-3H3,(H,25,26)/t16?,17-,18?,19?,20?,21?,23+,24-/m1/s1. The molecule has 4 rings (SSSR count). The molecule has 4 aliphatic rings. The van der Waals surface area contributed by atoms with E-state index in [0.29, 0.717) is 23.2 Å². The lowest BCUT2D eigenvalue weighted by Crippen LogP contribution is -2.53. The molecular formula is C24H40O2. The first-order chi connectivity index (χ1) is 12.4. The van der Waals surface area contributed by atoms with Crippen LogP contribution in [0.3, 0.4) is 0 Å². The molecular weight excluding hydrogens is 320 g/mol. The van der Waals surface area contributed by atoms with Crippen molar-refractivity contribution in [2.24, 2.45) is 46.3 Å². The van der Waals surface area contributed by atoms with Crippen LogP contribution < -0.4 is 0 Å². The Morgan fingerprint density at radius 3 is 2.50 bits per heavy atom. The number of hydrogen-bond donors (Lipinski definition) is 1. The number of carboxylic acid groups (broad SMARTS) is 1. The van der Waals surface area contributed by atoms with Crippen molar-refractivity contribution in [1.82, 2.24) is 0 Å². The van der Waals surface area contributed by atoms with Crippen molar-refractivity contribution in [1.29, 1.82) is 0 Å². The highest BCUT2D eigenvalue weighted by Gasteiger charge is 2.60. The zero-order valence-electron chi connectivity index (χ0n) is 17.3. The van der Waals surface area contributed by atoms with Gasteiger partial charge in [-0.2, -0.15) is 0 Å². The third-order valence-corrected chi connectivity index (χ3v) is 10.2. The van der Waals surface area contributed by atoms with Gasteiger partial charge in [0, 0.05) is 6.42 Å². The van der Waals surface area contributed by atoms with Crippen LogP contribution in [-0.2, 0) is 4.79 Å². The van der Waals surface area contributed by atoms with Gasteiger partial charge in [-0.05, 0) is 104 Å². The van der Waals surface area contributed by atoms with E-state index in [9.17, 15) is 4.79 Å². The van der Waals surface area contributed by atoms with Gasteiger partial charge >= 0.3 is 5.97 Å². The van der Waals surface area contributed by atoms with Gasteiger partial charge in [0.25, 0.3) is 0 Å². The largest absolute Gasteiger partial charge is 0.481 e. The van der Waals surface area contributed by atoms with E-state index >= 15 is 0 Å². The molecule has 2 nitrogen and oxygen atoms in total. The molecule has 0 amide bonds. The van der Waals surface area contributed by atoms with Crippen LogP contribution in [0.4, 0.5) is 0 Å². The summed E-state index contributed by atoms with van der Waals surface area (Å²) in [6, 6.07) is 0. The number of carboxylic acids is 1. The van der Waals surface area contributed by atoms with Gasteiger partial charge in [0.1, 0.15) is 0 Å². The maximum atomic E-state index is 11.0. The predicted molar refractivity (Wildman–Crippen MR) is 106 cm³/mol. The van der Waals surface area contributed by atoms with Crippen LogP contribution in [-0.4, -0.2) is 11.1 Å². The van der Waals surface area contributed by atoms with Crippen molar-refractivity contribution in [3.63, 3.8) is 0 Å². The highest BCUT2D eigenvalue weighted by atomic mass is 16.4. The Balaban J connectivity index is 1.52. The third kappa shape index (κ3) is 2.85. The molecule has 26 heavy (non-hydrogen) atoms. The topological polar surface area (TPSA) is 37.3 Å². The molecule has 8 atom stereocenters. The Kier molecular flexibility index (Phi) is 4.93. The molecule has 1 N–H and O–H groups in total. The number of rotatable bonds is 4. The van der Waals surface area contributed by atoms with E-state index in [1.165, 1.54) is 64.2 Å². The van der Waals surface area contributed by atoms with Gasteiger partial charge in [-0.3, -0.25) is 4.79 Å². The Labute approximate surface area is 160 Å². The summed E-state index contributed by atoms with van der Waals surface area (Å²) >= 11 is 0. The number of aliphatic carboxylic acids is 1. The minimum atomic E-state index is -0.621. The monoisotopic (exact) mass is 360 g/mol. The summed E-state index contributed by atoms with van der Waals surface area (Å²) in [7, 11) is 0. The van der Waals surface area contributed by atoms with E-state index < -0.39 is 5.97 Å². The quantitative estimate of drug-likeness (QED) is 0.618. The zero-order chi connectivity index (χ0) is 18.5. The van der Waals surface area contributed by atoms with Crippen molar-refractivity contribution >= 4 is 5.97 Å². The molecule has 4 fully saturated rings. The molecule has 0 spiro atoms. The molecule has 5 unspecified atom stereocenters. The summed E-state index contributed by atoms with van der Waals surface area (Å²) in [4.78, 5) is 11.0. The van der Waals surface area contributed by atoms with Gasteiger partial charge in [0.05, 0.1) is 0 Å². The first-order valence-electron chi connectivity index (χ1n) is 11.6. The number of carbonyl (C=O) groups is 1. The molecule has 4 saturated carbocycles. The van der Waals surface area contributed by atoms with Gasteiger partial charge < -0.3 is 5.11 Å². The molecule has 0 bridgehead atoms. The highest BCUT2D eigenvalue weighted by Crippen LogP contribution is 2.68. The Bertz CT molecular complexity index is 542. The average Bonchev–Trinajstić information content (AvgIpc) is 2.96. The lowest BCUT2D eigenvalue weighted by Gasteiger charge is -2.61. The minimum Gasteiger partial charge on any atom is -0.481 e. The second kappa shape index (κ2) is 6.82. The minimum absolute atomic E-state index is 0.351. The van der Waals surface area contributed by atoms with Crippen molar-refractivity contribution < 1.29 is 9.90 Å². The third-order valence-electron chi connectivity index (χ3n) is 10.2. The molecule has 0 radical (unpaired) electrons. The molecule has 0 aromatic heterocycles. The SMILES string of the molecule is CC(CCC(=O)O)C1CCC2C3CC[C@H]4CCCC[C@]4(C)C3CC[C@]12C. The Hall–Kier alpha value is -0.530. The first-order valence-corrected chi connectivity index (χ1v) is 11.6. The van der Waals surface area contributed by atoms with Crippen molar-refractivity contribution in [2.45, 2.75) is 97.8 Å². The average molecular weight is 361 g/mol. The van der Waals surface area contributed by atoms with Crippen LogP contribution >= 0.6 is 0 Å². The van der Waals surface area contributed by atoms with E-state index in [1.807, 2.05) is 0 Å². The van der Waals surface area contributed by atoms with Crippen molar-refractivity contribution in [3.8, 4) is 0 Å². The lowest BCUT2D eigenvalue weighted by atomic mass is 9.44. The van der Waals surface area contributed by atoms with E-state index in [0.717, 1.165) is 36.0 Å². The molecule has 2 heteroatoms. The van der Waals surface area contributed by atoms with Crippen molar-refractivity contribution in [3.05, 3.63) is 0 Å². The highest BCUT2D eigenvalue weighted by molar-refractivity contribution is 5.66. The summed E-state index contributed by atoms with van der Waals surface area (Å²) < 4.78 is 0. The maximum Gasteiger partial charge on any atom is 0.303 e. The summed E-state index contributed by atoms with van der Waals surface area (Å²) in [6.45, 7) is 7.60.